The molecule has 0 radical (unpaired) electrons. The number of rotatable bonds is 6. The van der Waals surface area contributed by atoms with Gasteiger partial charge in [-0.05, 0) is 38.5 Å². The van der Waals surface area contributed by atoms with E-state index in [1.165, 1.54) is 7.11 Å². The Bertz CT molecular complexity index is 378. The topological polar surface area (TPSA) is 111 Å². The zero-order chi connectivity index (χ0) is 16.5. The van der Waals surface area contributed by atoms with Crippen LogP contribution in [0, 0.1) is 11.3 Å². The van der Waals surface area contributed by atoms with Crippen LogP contribution < -0.4 is 11.5 Å². The van der Waals surface area contributed by atoms with Gasteiger partial charge < -0.3 is 20.9 Å². The van der Waals surface area contributed by atoms with Crippen molar-refractivity contribution >= 4 is 11.9 Å². The summed E-state index contributed by atoms with van der Waals surface area (Å²) in [4.78, 5) is 11.4. The van der Waals surface area contributed by atoms with Crippen LogP contribution in [0.25, 0.3) is 0 Å². The minimum Gasteiger partial charge on any atom is -0.466 e. The number of nitrogens with two attached hydrogens (primary N) is 2. The van der Waals surface area contributed by atoms with Crippen molar-refractivity contribution in [1.82, 2.24) is 0 Å². The monoisotopic (exact) mass is 299 g/mol. The van der Waals surface area contributed by atoms with Crippen LogP contribution in [0.3, 0.4) is 0 Å². The molecular weight excluding hydrogens is 270 g/mol. The number of hydrogen-bond acceptors (Lipinski definition) is 4. The molecule has 0 aliphatic heterocycles. The van der Waals surface area contributed by atoms with E-state index in [0.717, 1.165) is 37.7 Å². The first-order valence-corrected chi connectivity index (χ1v) is 7.21. The van der Waals surface area contributed by atoms with Crippen LogP contribution in [-0.4, -0.2) is 31.7 Å². The van der Waals surface area contributed by atoms with Crippen LogP contribution in [0.15, 0.2) is 11.6 Å². The number of carbonyl (C=O) groups is 1. The highest BCUT2D eigenvalue weighted by molar-refractivity contribution is 5.88. The number of carbonyl (C=O) groups excluding carboxylic acids is 1. The summed E-state index contributed by atoms with van der Waals surface area (Å²) in [5.74, 6) is -0.0669. The highest BCUT2D eigenvalue weighted by Crippen LogP contribution is 2.34. The first-order valence-electron chi connectivity index (χ1n) is 7.21. The predicted octanol–water partition coefficient (Wildman–Crippen LogP) is 1.93. The average Bonchev–Trinajstić information content (AvgIpc) is 2.85. The van der Waals surface area contributed by atoms with Crippen molar-refractivity contribution in [3.63, 3.8) is 0 Å². The lowest BCUT2D eigenvalue weighted by Gasteiger charge is -2.30. The van der Waals surface area contributed by atoms with E-state index in [0.29, 0.717) is 5.92 Å². The molecule has 1 rings (SSSR count). The van der Waals surface area contributed by atoms with Crippen LogP contribution in [0.4, 0.5) is 0 Å². The van der Waals surface area contributed by atoms with E-state index in [2.05, 4.69) is 31.4 Å². The lowest BCUT2D eigenvalue weighted by molar-refractivity contribution is -0.136. The third-order valence-corrected chi connectivity index (χ3v) is 3.63. The molecule has 1 aliphatic rings. The van der Waals surface area contributed by atoms with Crippen molar-refractivity contribution in [3.8, 4) is 0 Å². The van der Waals surface area contributed by atoms with Crippen molar-refractivity contribution < 1.29 is 14.3 Å². The lowest BCUT2D eigenvalue weighted by atomic mass is 9.88. The molecule has 0 spiro atoms. The zero-order valence-electron chi connectivity index (χ0n) is 13.6. The van der Waals surface area contributed by atoms with Gasteiger partial charge in [0.15, 0.2) is 5.96 Å². The standard InChI is InChI=1S/C14H24O3.CH5N3/c1-5-8-14(2,17-4)10-11-6-7-12(9-11)13(15)16-3;2-1(3)4/h9,11H,5-8,10H2,1-4H3;(H5,2,3,4)/t11?,14-;/m0./s1. The van der Waals surface area contributed by atoms with E-state index in [9.17, 15) is 4.79 Å². The molecule has 0 saturated carbocycles. The summed E-state index contributed by atoms with van der Waals surface area (Å²) in [5.41, 5.74) is 9.70. The van der Waals surface area contributed by atoms with Gasteiger partial charge in [-0.2, -0.15) is 0 Å². The van der Waals surface area contributed by atoms with Gasteiger partial charge in [-0.1, -0.05) is 19.4 Å². The summed E-state index contributed by atoms with van der Waals surface area (Å²) >= 11 is 0. The van der Waals surface area contributed by atoms with Gasteiger partial charge in [-0.3, -0.25) is 5.41 Å². The van der Waals surface area contributed by atoms with Gasteiger partial charge in [0.05, 0.1) is 12.7 Å². The van der Waals surface area contributed by atoms with Gasteiger partial charge in [0.2, 0.25) is 0 Å². The van der Waals surface area contributed by atoms with Crippen molar-refractivity contribution in [3.05, 3.63) is 11.6 Å². The van der Waals surface area contributed by atoms with E-state index in [1.54, 1.807) is 7.11 Å². The fourth-order valence-corrected chi connectivity index (χ4v) is 2.63. The molecule has 0 aromatic rings. The van der Waals surface area contributed by atoms with Crippen LogP contribution >= 0.6 is 0 Å². The molecule has 1 aliphatic carbocycles. The second-order valence-corrected chi connectivity index (χ2v) is 5.55. The molecule has 0 heterocycles. The van der Waals surface area contributed by atoms with Crippen LogP contribution in [0.1, 0.15) is 46.0 Å². The molecule has 122 valence electrons. The number of esters is 1. The highest BCUT2D eigenvalue weighted by atomic mass is 16.5. The quantitative estimate of drug-likeness (QED) is 0.394. The molecule has 0 fully saturated rings. The number of guanidine groups is 1. The number of ether oxygens (including phenoxy) is 2. The van der Waals surface area contributed by atoms with Crippen molar-refractivity contribution in [2.75, 3.05) is 14.2 Å². The predicted molar refractivity (Wildman–Crippen MR) is 83.9 cm³/mol. The molecule has 21 heavy (non-hydrogen) atoms. The Balaban J connectivity index is 0.000000885. The van der Waals surface area contributed by atoms with Crippen LogP contribution in [0.5, 0.6) is 0 Å². The maximum Gasteiger partial charge on any atom is 0.333 e. The Morgan fingerprint density at radius 2 is 2.05 bits per heavy atom. The molecule has 0 bridgehead atoms. The third-order valence-electron chi connectivity index (χ3n) is 3.63. The zero-order valence-corrected chi connectivity index (χ0v) is 13.6. The average molecular weight is 299 g/mol. The molecule has 0 aromatic carbocycles. The fraction of sp³-hybridized carbons (Fsp3) is 0.733. The lowest BCUT2D eigenvalue weighted by Crippen LogP contribution is -2.29. The first-order chi connectivity index (χ1) is 9.77. The molecule has 6 heteroatoms. The Labute approximate surface area is 127 Å². The van der Waals surface area contributed by atoms with E-state index in [1.807, 2.05) is 0 Å². The number of hydrogen-bond donors (Lipinski definition) is 3. The summed E-state index contributed by atoms with van der Waals surface area (Å²) in [5, 5.41) is 6.06. The van der Waals surface area contributed by atoms with E-state index >= 15 is 0 Å². The molecule has 2 atom stereocenters. The van der Waals surface area contributed by atoms with Crippen molar-refractivity contribution in [2.45, 2.75) is 51.6 Å². The third kappa shape index (κ3) is 7.70. The van der Waals surface area contributed by atoms with E-state index in [4.69, 9.17) is 14.9 Å². The first kappa shape index (κ1) is 19.4. The van der Waals surface area contributed by atoms with Crippen molar-refractivity contribution in [2.24, 2.45) is 17.4 Å². The molecule has 6 nitrogen and oxygen atoms in total. The van der Waals surface area contributed by atoms with Gasteiger partial charge in [0, 0.05) is 12.7 Å². The highest BCUT2D eigenvalue weighted by Gasteiger charge is 2.30. The summed E-state index contributed by atoms with van der Waals surface area (Å²) in [6.45, 7) is 4.32. The minimum absolute atomic E-state index is 0.0680. The van der Waals surface area contributed by atoms with Crippen molar-refractivity contribution in [1.29, 1.82) is 5.41 Å². The van der Waals surface area contributed by atoms with Gasteiger partial charge in [-0.15, -0.1) is 0 Å². The van der Waals surface area contributed by atoms with E-state index < -0.39 is 0 Å². The van der Waals surface area contributed by atoms with Gasteiger partial charge >= 0.3 is 5.97 Å². The second-order valence-electron chi connectivity index (χ2n) is 5.55. The number of methoxy groups -OCH3 is 2. The maximum atomic E-state index is 11.4. The SMILES string of the molecule is CCC[C@@](C)(CC1C=C(C(=O)OC)CC1)OC.N=C(N)N. The summed E-state index contributed by atoms with van der Waals surface area (Å²) < 4.78 is 10.4. The van der Waals surface area contributed by atoms with Gasteiger partial charge in [0.1, 0.15) is 0 Å². The maximum absolute atomic E-state index is 11.4. The minimum atomic E-state index is -0.333. The normalized spacial score (nSPS) is 19.8. The Morgan fingerprint density at radius 1 is 1.48 bits per heavy atom. The molecule has 1 unspecified atom stereocenters. The fourth-order valence-electron chi connectivity index (χ4n) is 2.63. The number of allylic oxidation sites excluding steroid dienone is 1. The molecule has 5 N–H and O–H groups in total. The van der Waals surface area contributed by atoms with Crippen LogP contribution in [0.2, 0.25) is 0 Å². The molecular formula is C15H29N3O3. The molecule has 0 aromatic heterocycles. The summed E-state index contributed by atoms with van der Waals surface area (Å²) in [7, 11) is 3.21. The van der Waals surface area contributed by atoms with E-state index in [-0.39, 0.29) is 17.5 Å². The number of nitrogens with one attached hydrogen (secondary N) is 1. The van der Waals surface area contributed by atoms with Gasteiger partial charge in [0.25, 0.3) is 0 Å². The summed E-state index contributed by atoms with van der Waals surface area (Å²) in [6.07, 6.45) is 7.10. The smallest absolute Gasteiger partial charge is 0.333 e. The molecule has 0 amide bonds. The van der Waals surface area contributed by atoms with Gasteiger partial charge in [-0.25, -0.2) is 4.79 Å². The Morgan fingerprint density at radius 3 is 2.48 bits per heavy atom. The van der Waals surface area contributed by atoms with Crippen LogP contribution in [-0.2, 0) is 14.3 Å². The largest absolute Gasteiger partial charge is 0.466 e. The second kappa shape index (κ2) is 9.39. The Kier molecular flexibility index (Phi) is 8.69. The Hall–Kier alpha value is -1.56. The summed E-state index contributed by atoms with van der Waals surface area (Å²) in [6, 6.07) is 0. The molecule has 0 saturated heterocycles.